The van der Waals surface area contributed by atoms with Gasteiger partial charge in [-0.1, -0.05) is 0 Å². The first-order valence-electron chi connectivity index (χ1n) is 8.93. The molecule has 0 spiro atoms. The Morgan fingerprint density at radius 1 is 0.833 bits per heavy atom. The van der Waals surface area contributed by atoms with Gasteiger partial charge in [-0.05, 0) is 67.1 Å². The number of nitrogens with two attached hydrogens (primary N) is 1. The number of fused-ring (bicyclic) bond motifs is 2. The number of anilines is 1. The molecule has 3 N–H and O–H groups in total. The summed E-state index contributed by atoms with van der Waals surface area (Å²) in [6, 6.07) is 16.8. The molecule has 2 heterocycles. The lowest BCUT2D eigenvalue weighted by Gasteiger charge is -2.01. The predicted molar refractivity (Wildman–Crippen MR) is 123 cm³/mol. The second-order valence-electron chi connectivity index (χ2n) is 6.90. The number of nitrogen functional groups attached to an aromatic ring is 1. The third-order valence-corrected chi connectivity index (χ3v) is 7.89. The molecule has 2 aromatic heterocycles. The van der Waals surface area contributed by atoms with Crippen LogP contribution >= 0.6 is 22.7 Å². The monoisotopic (exact) mass is 453 g/mol. The van der Waals surface area contributed by atoms with E-state index in [4.69, 9.17) is 10.7 Å². The first-order valence-corrected chi connectivity index (χ1v) is 12.0. The fourth-order valence-corrected chi connectivity index (χ4v) is 6.04. The molecule has 0 fully saturated rings. The Morgan fingerprint density at radius 3 is 2.13 bits per heavy atom. The molecule has 0 bridgehead atoms. The summed E-state index contributed by atoms with van der Waals surface area (Å²) < 4.78 is 34.5. The lowest BCUT2D eigenvalue weighted by Crippen LogP contribution is -2.00. The molecular formula is C21H15N3O3S3. The Morgan fingerprint density at radius 2 is 1.43 bits per heavy atom. The topological polar surface area (TPSA) is 106 Å². The van der Waals surface area contributed by atoms with Crippen LogP contribution in [0, 0.1) is 6.92 Å². The van der Waals surface area contributed by atoms with Crippen LogP contribution in [0.5, 0.6) is 0 Å². The zero-order valence-electron chi connectivity index (χ0n) is 15.7. The second-order valence-corrected chi connectivity index (χ2v) is 10.4. The van der Waals surface area contributed by atoms with Gasteiger partial charge in [0, 0.05) is 16.8 Å². The van der Waals surface area contributed by atoms with Gasteiger partial charge in [-0.15, -0.1) is 22.7 Å². The Hall–Kier alpha value is -2.85. The maximum absolute atomic E-state index is 11.6. The minimum Gasteiger partial charge on any atom is -0.399 e. The van der Waals surface area contributed by atoms with Crippen LogP contribution in [-0.4, -0.2) is 22.9 Å². The number of rotatable bonds is 3. The summed E-state index contributed by atoms with van der Waals surface area (Å²) in [6.45, 7) is 1.66. The van der Waals surface area contributed by atoms with Crippen LogP contribution in [0.25, 0.3) is 41.6 Å². The van der Waals surface area contributed by atoms with E-state index < -0.39 is 10.1 Å². The molecule has 6 nitrogen and oxygen atoms in total. The minimum atomic E-state index is -4.29. The number of thiazole rings is 2. The van der Waals surface area contributed by atoms with Crippen molar-refractivity contribution >= 4 is 58.9 Å². The van der Waals surface area contributed by atoms with Gasteiger partial charge in [0.15, 0.2) is 0 Å². The van der Waals surface area contributed by atoms with Crippen molar-refractivity contribution in [3.63, 3.8) is 0 Å². The lowest BCUT2D eigenvalue weighted by molar-refractivity contribution is 0.482. The predicted octanol–water partition coefficient (Wildman–Crippen LogP) is 5.38. The summed E-state index contributed by atoms with van der Waals surface area (Å²) in [5.41, 5.74) is 10.4. The van der Waals surface area contributed by atoms with Gasteiger partial charge in [0.05, 0.1) is 25.3 Å². The third-order valence-electron chi connectivity index (χ3n) is 4.76. The Kier molecular flexibility index (Phi) is 4.37. The van der Waals surface area contributed by atoms with Gasteiger partial charge in [-0.2, -0.15) is 8.42 Å². The maximum Gasteiger partial charge on any atom is 0.294 e. The fraction of sp³-hybridized carbons (Fsp3) is 0.0476. The molecule has 0 aliphatic carbocycles. The van der Waals surface area contributed by atoms with Crippen LogP contribution < -0.4 is 5.73 Å². The molecule has 0 atom stereocenters. The smallest absolute Gasteiger partial charge is 0.294 e. The lowest BCUT2D eigenvalue weighted by atomic mass is 10.2. The molecule has 5 aromatic rings. The number of aryl methyl sites for hydroxylation is 1. The number of nitrogens with zero attached hydrogens (tertiary/aromatic N) is 2. The zero-order chi connectivity index (χ0) is 21.0. The van der Waals surface area contributed by atoms with E-state index in [9.17, 15) is 13.0 Å². The van der Waals surface area contributed by atoms with Gasteiger partial charge in [0.2, 0.25) is 0 Å². The van der Waals surface area contributed by atoms with E-state index >= 15 is 0 Å². The van der Waals surface area contributed by atoms with Crippen molar-refractivity contribution < 1.29 is 13.0 Å². The van der Waals surface area contributed by atoms with Crippen LogP contribution in [0.3, 0.4) is 0 Å². The van der Waals surface area contributed by atoms with Crippen molar-refractivity contribution in [3.8, 4) is 21.1 Å². The number of aromatic nitrogens is 2. The van der Waals surface area contributed by atoms with Crippen molar-refractivity contribution in [1.29, 1.82) is 0 Å². The molecule has 0 aliphatic heterocycles. The molecule has 30 heavy (non-hydrogen) atoms. The van der Waals surface area contributed by atoms with Crippen LogP contribution in [0.4, 0.5) is 5.69 Å². The van der Waals surface area contributed by atoms with E-state index in [0.29, 0.717) is 16.8 Å². The fourth-order valence-electron chi connectivity index (χ4n) is 3.26. The summed E-state index contributed by atoms with van der Waals surface area (Å²) in [5, 5.41) is 1.70. The molecule has 0 radical (unpaired) electrons. The van der Waals surface area contributed by atoms with Crippen LogP contribution in [-0.2, 0) is 10.1 Å². The van der Waals surface area contributed by atoms with Crippen molar-refractivity contribution in [2.45, 2.75) is 11.8 Å². The highest BCUT2D eigenvalue weighted by atomic mass is 32.2. The van der Waals surface area contributed by atoms with Crippen molar-refractivity contribution in [1.82, 2.24) is 9.97 Å². The summed E-state index contributed by atoms with van der Waals surface area (Å²) >= 11 is 3.07. The largest absolute Gasteiger partial charge is 0.399 e. The molecule has 9 heteroatoms. The first kappa shape index (κ1) is 19.1. The summed E-state index contributed by atoms with van der Waals surface area (Å²) in [4.78, 5) is 9.19. The average molecular weight is 454 g/mol. The molecule has 0 saturated carbocycles. The van der Waals surface area contributed by atoms with E-state index in [1.54, 1.807) is 24.3 Å². The highest BCUT2D eigenvalue weighted by molar-refractivity contribution is 7.85. The molecular weight excluding hydrogens is 438 g/mol. The highest BCUT2D eigenvalue weighted by Crippen LogP contribution is 2.36. The number of hydrogen-bond acceptors (Lipinski definition) is 7. The van der Waals surface area contributed by atoms with Crippen molar-refractivity contribution in [3.05, 3.63) is 60.2 Å². The maximum atomic E-state index is 11.6. The number of hydrogen-bond donors (Lipinski definition) is 2. The normalized spacial score (nSPS) is 12.1. The Bertz CT molecular complexity index is 1530. The van der Waals surface area contributed by atoms with E-state index in [0.717, 1.165) is 36.1 Å². The number of benzene rings is 3. The highest BCUT2D eigenvalue weighted by Gasteiger charge is 2.17. The molecule has 0 aliphatic rings. The van der Waals surface area contributed by atoms with Gasteiger partial charge in [-0.25, -0.2) is 9.97 Å². The summed E-state index contributed by atoms with van der Waals surface area (Å²) in [7, 11) is -4.29. The van der Waals surface area contributed by atoms with E-state index in [-0.39, 0.29) is 4.90 Å². The van der Waals surface area contributed by atoms with Crippen LogP contribution in [0.2, 0.25) is 0 Å². The molecule has 150 valence electrons. The van der Waals surface area contributed by atoms with Crippen LogP contribution in [0.1, 0.15) is 5.56 Å². The first-order chi connectivity index (χ1) is 14.3. The molecule has 3 aromatic carbocycles. The van der Waals surface area contributed by atoms with E-state index in [2.05, 4.69) is 4.98 Å². The van der Waals surface area contributed by atoms with Crippen LogP contribution in [0.15, 0.2) is 59.5 Å². The molecule has 5 rings (SSSR count). The zero-order valence-corrected chi connectivity index (χ0v) is 18.1. The molecule has 0 unspecified atom stereocenters. The SMILES string of the molecule is Cc1cc2sc(-c3ccc4nc(-c5ccc(N)cc5)sc4c3)nc2cc1S(=O)(=O)O. The Balaban J connectivity index is 1.59. The van der Waals surface area contributed by atoms with Gasteiger partial charge in [0.1, 0.15) is 10.0 Å². The van der Waals surface area contributed by atoms with E-state index in [1.807, 2.05) is 42.5 Å². The second kappa shape index (κ2) is 6.85. The third kappa shape index (κ3) is 3.35. The average Bonchev–Trinajstić information content (AvgIpc) is 3.30. The van der Waals surface area contributed by atoms with Crippen molar-refractivity contribution in [2.75, 3.05) is 5.73 Å². The van der Waals surface area contributed by atoms with Crippen molar-refractivity contribution in [2.24, 2.45) is 0 Å². The quantitative estimate of drug-likeness (QED) is 0.281. The molecule has 0 amide bonds. The van der Waals surface area contributed by atoms with Gasteiger partial charge in [0.25, 0.3) is 10.1 Å². The summed E-state index contributed by atoms with van der Waals surface area (Å²) in [6.07, 6.45) is 0. The van der Waals surface area contributed by atoms with E-state index in [1.165, 1.54) is 17.4 Å². The molecule has 0 saturated heterocycles. The van der Waals surface area contributed by atoms with Gasteiger partial charge < -0.3 is 5.73 Å². The standard InChI is InChI=1S/C21H15N3O3S3/c1-11-8-17-16(10-19(11)30(25,26)27)24-21(28-17)13-4-7-15-18(9-13)29-20(23-15)12-2-5-14(22)6-3-12/h2-10H,22H2,1H3,(H,25,26,27). The Labute approximate surface area is 180 Å². The van der Waals surface area contributed by atoms with Gasteiger partial charge >= 0.3 is 0 Å². The van der Waals surface area contributed by atoms with Gasteiger partial charge in [-0.3, -0.25) is 4.55 Å². The minimum absolute atomic E-state index is 0.113. The summed E-state index contributed by atoms with van der Waals surface area (Å²) in [5.74, 6) is 0.